The maximum Gasteiger partial charge on any atom is 0.315 e. The maximum absolute atomic E-state index is 5.55. The number of hydrogen-bond donors (Lipinski definition) is 2. The highest BCUT2D eigenvalue weighted by Gasteiger charge is 2.36. The van der Waals surface area contributed by atoms with E-state index in [1.165, 1.54) is 19.3 Å². The molecule has 0 radical (unpaired) electrons. The second kappa shape index (κ2) is 6.18. The van der Waals surface area contributed by atoms with E-state index in [-0.39, 0.29) is 0 Å². The molecule has 1 heterocycles. The van der Waals surface area contributed by atoms with Crippen LogP contribution in [0.5, 0.6) is 0 Å². The van der Waals surface area contributed by atoms with Crippen LogP contribution in [0, 0.1) is 11.8 Å². The molecular formula is C13H24N4O. The Morgan fingerprint density at radius 2 is 2.22 bits per heavy atom. The highest BCUT2D eigenvalue weighted by Crippen LogP contribution is 2.36. The molecular weight excluding hydrogens is 228 g/mol. The third-order valence-electron chi connectivity index (χ3n) is 3.19. The van der Waals surface area contributed by atoms with Gasteiger partial charge >= 0.3 is 6.01 Å². The first-order valence-corrected chi connectivity index (χ1v) is 6.98. The molecule has 1 fully saturated rings. The summed E-state index contributed by atoms with van der Waals surface area (Å²) in [5.74, 6) is 2.09. The van der Waals surface area contributed by atoms with E-state index in [0.717, 1.165) is 12.5 Å². The quantitative estimate of drug-likeness (QED) is 0.744. The van der Waals surface area contributed by atoms with Crippen LogP contribution in [0.15, 0.2) is 4.42 Å². The Bertz CT molecular complexity index is 364. The topological polar surface area (TPSA) is 63.0 Å². The predicted molar refractivity (Wildman–Crippen MR) is 71.3 cm³/mol. The Morgan fingerprint density at radius 1 is 1.39 bits per heavy atom. The van der Waals surface area contributed by atoms with Gasteiger partial charge in [0.15, 0.2) is 0 Å². The van der Waals surface area contributed by atoms with Gasteiger partial charge in [-0.15, -0.1) is 5.10 Å². The monoisotopic (exact) mass is 252 g/mol. The van der Waals surface area contributed by atoms with Crippen LogP contribution in [-0.4, -0.2) is 22.8 Å². The lowest BCUT2D eigenvalue weighted by Crippen LogP contribution is -2.19. The fraction of sp³-hybridized carbons (Fsp3) is 0.846. The lowest BCUT2D eigenvalue weighted by molar-refractivity contribution is 0.458. The highest BCUT2D eigenvalue weighted by atomic mass is 16.4. The zero-order chi connectivity index (χ0) is 13.0. The summed E-state index contributed by atoms with van der Waals surface area (Å²) in [6.07, 6.45) is 3.77. The molecule has 0 saturated heterocycles. The van der Waals surface area contributed by atoms with Gasteiger partial charge in [0.2, 0.25) is 5.89 Å². The van der Waals surface area contributed by atoms with Gasteiger partial charge in [0.25, 0.3) is 0 Å². The van der Waals surface area contributed by atoms with Gasteiger partial charge in [0.1, 0.15) is 0 Å². The van der Waals surface area contributed by atoms with Crippen molar-refractivity contribution in [1.29, 1.82) is 0 Å². The smallest absolute Gasteiger partial charge is 0.315 e. The van der Waals surface area contributed by atoms with E-state index < -0.39 is 0 Å². The Labute approximate surface area is 109 Å². The molecule has 0 aromatic carbocycles. The molecule has 2 atom stereocenters. The summed E-state index contributed by atoms with van der Waals surface area (Å²) in [6.45, 7) is 8.19. The molecule has 5 heteroatoms. The number of anilines is 1. The first-order valence-electron chi connectivity index (χ1n) is 6.98. The Kier molecular flexibility index (Phi) is 4.58. The van der Waals surface area contributed by atoms with Crippen LogP contribution < -0.4 is 10.6 Å². The summed E-state index contributed by atoms with van der Waals surface area (Å²) in [5.41, 5.74) is 0. The number of nitrogens with one attached hydrogen (secondary N) is 2. The van der Waals surface area contributed by atoms with Crippen molar-refractivity contribution in [2.45, 2.75) is 52.6 Å². The van der Waals surface area contributed by atoms with Crippen molar-refractivity contribution in [1.82, 2.24) is 15.5 Å². The first kappa shape index (κ1) is 13.3. The van der Waals surface area contributed by atoms with E-state index in [4.69, 9.17) is 4.42 Å². The van der Waals surface area contributed by atoms with Gasteiger partial charge in [0.05, 0.1) is 6.54 Å². The molecule has 2 unspecified atom stereocenters. The van der Waals surface area contributed by atoms with E-state index in [1.807, 2.05) is 0 Å². The maximum atomic E-state index is 5.55. The van der Waals surface area contributed by atoms with Gasteiger partial charge in [-0.05, 0) is 31.2 Å². The van der Waals surface area contributed by atoms with Crippen molar-refractivity contribution in [3.63, 3.8) is 0 Å². The molecule has 0 bridgehead atoms. The van der Waals surface area contributed by atoms with E-state index in [0.29, 0.717) is 30.4 Å². The van der Waals surface area contributed by atoms with Gasteiger partial charge < -0.3 is 15.1 Å². The van der Waals surface area contributed by atoms with E-state index in [2.05, 4.69) is 41.6 Å². The molecule has 0 amide bonds. The van der Waals surface area contributed by atoms with E-state index in [1.54, 1.807) is 0 Å². The van der Waals surface area contributed by atoms with Crippen LogP contribution >= 0.6 is 0 Å². The van der Waals surface area contributed by atoms with Crippen molar-refractivity contribution in [3.05, 3.63) is 5.89 Å². The standard InChI is InChI=1S/C13H24N4O/c1-4-5-10-6-11(10)15-13-17-16-12(18-13)8-14-7-9(2)3/h9-11,14H,4-8H2,1-3H3,(H,15,17). The van der Waals surface area contributed by atoms with Gasteiger partial charge in [0, 0.05) is 6.04 Å². The first-order chi connectivity index (χ1) is 8.69. The molecule has 1 aromatic heterocycles. The molecule has 1 aromatic rings. The molecule has 1 aliphatic carbocycles. The summed E-state index contributed by atoms with van der Waals surface area (Å²) in [5, 5.41) is 14.6. The van der Waals surface area contributed by atoms with Crippen LogP contribution in [0.25, 0.3) is 0 Å². The number of hydrogen-bond acceptors (Lipinski definition) is 5. The molecule has 2 N–H and O–H groups in total. The predicted octanol–water partition coefficient (Wildman–Crippen LogP) is 2.42. The Hall–Kier alpha value is -1.10. The van der Waals surface area contributed by atoms with Crippen LogP contribution in [0.4, 0.5) is 6.01 Å². The van der Waals surface area contributed by atoms with E-state index in [9.17, 15) is 0 Å². The second-order valence-electron chi connectivity index (χ2n) is 5.56. The lowest BCUT2D eigenvalue weighted by atomic mass is 10.2. The van der Waals surface area contributed by atoms with Crippen LogP contribution in [-0.2, 0) is 6.54 Å². The van der Waals surface area contributed by atoms with Crippen LogP contribution in [0.1, 0.15) is 45.9 Å². The zero-order valence-corrected chi connectivity index (χ0v) is 11.6. The lowest BCUT2D eigenvalue weighted by Gasteiger charge is -2.03. The summed E-state index contributed by atoms with van der Waals surface area (Å²) in [7, 11) is 0. The fourth-order valence-corrected chi connectivity index (χ4v) is 2.12. The molecule has 0 spiro atoms. The minimum Gasteiger partial charge on any atom is -0.407 e. The number of rotatable bonds is 8. The summed E-state index contributed by atoms with van der Waals surface area (Å²) < 4.78 is 5.55. The van der Waals surface area contributed by atoms with Crippen LogP contribution in [0.3, 0.4) is 0 Å². The fourth-order valence-electron chi connectivity index (χ4n) is 2.12. The highest BCUT2D eigenvalue weighted by molar-refractivity contribution is 5.24. The van der Waals surface area contributed by atoms with Gasteiger partial charge in [-0.1, -0.05) is 32.3 Å². The number of aromatic nitrogens is 2. The molecule has 1 saturated carbocycles. The number of nitrogens with zero attached hydrogens (tertiary/aromatic N) is 2. The van der Waals surface area contributed by atoms with Gasteiger partial charge in [-0.2, -0.15) is 0 Å². The van der Waals surface area contributed by atoms with Crippen molar-refractivity contribution in [3.8, 4) is 0 Å². The summed E-state index contributed by atoms with van der Waals surface area (Å²) in [6, 6.07) is 1.11. The summed E-state index contributed by atoms with van der Waals surface area (Å²) in [4.78, 5) is 0. The summed E-state index contributed by atoms with van der Waals surface area (Å²) >= 11 is 0. The molecule has 1 aliphatic rings. The normalized spacial score (nSPS) is 22.4. The Balaban J connectivity index is 1.70. The Morgan fingerprint density at radius 3 is 2.94 bits per heavy atom. The third-order valence-corrected chi connectivity index (χ3v) is 3.19. The van der Waals surface area contributed by atoms with Crippen molar-refractivity contribution in [2.75, 3.05) is 11.9 Å². The third kappa shape index (κ3) is 3.98. The zero-order valence-electron chi connectivity index (χ0n) is 11.6. The largest absolute Gasteiger partial charge is 0.407 e. The average molecular weight is 252 g/mol. The SMILES string of the molecule is CCCC1CC1Nc1nnc(CNCC(C)C)o1. The molecule has 2 rings (SSSR count). The van der Waals surface area contributed by atoms with Crippen molar-refractivity contribution >= 4 is 6.01 Å². The van der Waals surface area contributed by atoms with Crippen LogP contribution in [0.2, 0.25) is 0 Å². The molecule has 0 aliphatic heterocycles. The molecule has 5 nitrogen and oxygen atoms in total. The van der Waals surface area contributed by atoms with Gasteiger partial charge in [-0.25, -0.2) is 0 Å². The minimum absolute atomic E-state index is 0.543. The van der Waals surface area contributed by atoms with E-state index >= 15 is 0 Å². The average Bonchev–Trinajstić information content (AvgIpc) is 2.86. The molecule has 18 heavy (non-hydrogen) atoms. The van der Waals surface area contributed by atoms with Gasteiger partial charge in [-0.3, -0.25) is 0 Å². The van der Waals surface area contributed by atoms with Crippen molar-refractivity contribution < 1.29 is 4.42 Å². The van der Waals surface area contributed by atoms with Crippen molar-refractivity contribution in [2.24, 2.45) is 11.8 Å². The minimum atomic E-state index is 0.543. The molecule has 102 valence electrons. The second-order valence-corrected chi connectivity index (χ2v) is 5.56.